The van der Waals surface area contributed by atoms with E-state index in [0.717, 1.165) is 0 Å². The van der Waals surface area contributed by atoms with Gasteiger partial charge in [0, 0.05) is 18.6 Å². The first kappa shape index (κ1) is 26.7. The maximum atomic E-state index is 12.6. The number of aromatic hydroxyl groups is 1. The molecule has 0 bridgehead atoms. The monoisotopic (exact) mass is 469 g/mol. The Labute approximate surface area is 189 Å². The Morgan fingerprint density at radius 3 is 2.16 bits per heavy atom. The highest BCUT2D eigenvalue weighted by Crippen LogP contribution is 2.11. The number of hydrogen-bond donors (Lipinski definition) is 8. The van der Waals surface area contributed by atoms with Gasteiger partial charge < -0.3 is 37.6 Å². The van der Waals surface area contributed by atoms with Gasteiger partial charge in [0.05, 0.1) is 12.6 Å². The van der Waals surface area contributed by atoms with Crippen LogP contribution in [0.2, 0.25) is 0 Å². The smallest absolute Gasteiger partial charge is 0.326 e. The summed E-state index contributed by atoms with van der Waals surface area (Å²) in [6.45, 7) is -0.570. The number of thiol groups is 1. The third-order valence-electron chi connectivity index (χ3n) is 4.28. The lowest BCUT2D eigenvalue weighted by Crippen LogP contribution is -2.54. The van der Waals surface area contributed by atoms with Crippen LogP contribution < -0.4 is 27.4 Å². The molecule has 0 aliphatic heterocycles. The van der Waals surface area contributed by atoms with Gasteiger partial charge in [0.2, 0.25) is 23.6 Å². The molecule has 1 aromatic rings. The maximum Gasteiger partial charge on any atom is 0.326 e. The normalized spacial score (nSPS) is 13.3. The van der Waals surface area contributed by atoms with Crippen LogP contribution in [-0.4, -0.2) is 70.2 Å². The molecule has 0 heterocycles. The van der Waals surface area contributed by atoms with Gasteiger partial charge in [-0.1, -0.05) is 12.1 Å². The quantitative estimate of drug-likeness (QED) is 0.146. The predicted molar refractivity (Wildman–Crippen MR) is 117 cm³/mol. The second-order valence-corrected chi connectivity index (χ2v) is 7.27. The van der Waals surface area contributed by atoms with Crippen molar-refractivity contribution >= 4 is 42.2 Å². The molecule has 1 aromatic carbocycles. The number of carboxylic acids is 1. The first-order chi connectivity index (χ1) is 15.0. The van der Waals surface area contributed by atoms with Gasteiger partial charge in [-0.2, -0.15) is 12.6 Å². The van der Waals surface area contributed by atoms with Gasteiger partial charge in [0.25, 0.3) is 0 Å². The summed E-state index contributed by atoms with van der Waals surface area (Å²) in [6.07, 6.45) is -0.406. The fourth-order valence-electron chi connectivity index (χ4n) is 2.52. The molecule has 0 aliphatic carbocycles. The average Bonchev–Trinajstić information content (AvgIpc) is 2.74. The van der Waals surface area contributed by atoms with Crippen molar-refractivity contribution < 1.29 is 34.2 Å². The number of benzene rings is 1. The number of carbonyl (C=O) groups excluding carboxylic acids is 4. The minimum atomic E-state index is -1.36. The molecular weight excluding hydrogens is 442 g/mol. The van der Waals surface area contributed by atoms with E-state index in [4.69, 9.17) is 16.6 Å². The van der Waals surface area contributed by atoms with Crippen molar-refractivity contribution in [1.82, 2.24) is 16.0 Å². The molecule has 13 heteroatoms. The van der Waals surface area contributed by atoms with Gasteiger partial charge in [0.15, 0.2) is 0 Å². The second kappa shape index (κ2) is 13.2. The van der Waals surface area contributed by atoms with Crippen LogP contribution in [0.25, 0.3) is 0 Å². The van der Waals surface area contributed by atoms with Crippen LogP contribution in [0.4, 0.5) is 0 Å². The van der Waals surface area contributed by atoms with Crippen molar-refractivity contribution in [3.63, 3.8) is 0 Å². The summed E-state index contributed by atoms with van der Waals surface area (Å²) >= 11 is 3.94. The first-order valence-electron chi connectivity index (χ1n) is 9.56. The number of nitrogens with one attached hydrogen (secondary N) is 3. The van der Waals surface area contributed by atoms with Crippen molar-refractivity contribution in [3.8, 4) is 5.75 Å². The number of carboxylic acid groups (broad SMARTS) is 1. The average molecular weight is 470 g/mol. The van der Waals surface area contributed by atoms with Crippen LogP contribution in [0.15, 0.2) is 24.3 Å². The Bertz CT molecular complexity index is 834. The summed E-state index contributed by atoms with van der Waals surface area (Å²) in [7, 11) is 0. The number of aliphatic carboxylic acids is 1. The van der Waals surface area contributed by atoms with Crippen LogP contribution in [0, 0.1) is 0 Å². The summed E-state index contributed by atoms with van der Waals surface area (Å²) in [5, 5.41) is 25.5. The molecule has 0 radical (unpaired) electrons. The topological polar surface area (TPSA) is 214 Å². The third-order valence-corrected chi connectivity index (χ3v) is 4.67. The highest BCUT2D eigenvalue weighted by atomic mass is 32.1. The van der Waals surface area contributed by atoms with E-state index in [1.807, 2.05) is 0 Å². The number of phenolic OH excluding ortho intramolecular Hbond substituents is 1. The highest BCUT2D eigenvalue weighted by Gasteiger charge is 2.25. The molecule has 0 saturated carbocycles. The Hall–Kier alpha value is -3.32. The first-order valence-corrected chi connectivity index (χ1v) is 10.2. The Balaban J connectivity index is 2.77. The minimum absolute atomic E-state index is 0.0249. The van der Waals surface area contributed by atoms with E-state index >= 15 is 0 Å². The zero-order valence-corrected chi connectivity index (χ0v) is 18.0. The Morgan fingerprint density at radius 2 is 1.62 bits per heavy atom. The molecule has 0 aromatic heterocycles. The predicted octanol–water partition coefficient (Wildman–Crippen LogP) is -2.37. The van der Waals surface area contributed by atoms with Gasteiger partial charge >= 0.3 is 5.97 Å². The summed E-state index contributed by atoms with van der Waals surface area (Å²) in [6, 6.07) is 2.53. The van der Waals surface area contributed by atoms with Crippen LogP contribution in [-0.2, 0) is 30.4 Å². The van der Waals surface area contributed by atoms with Gasteiger partial charge in [-0.25, -0.2) is 4.79 Å². The van der Waals surface area contributed by atoms with Crippen molar-refractivity contribution in [1.29, 1.82) is 0 Å². The summed E-state index contributed by atoms with van der Waals surface area (Å²) in [4.78, 5) is 58.8. The molecule has 0 aliphatic rings. The van der Waals surface area contributed by atoms with E-state index in [1.54, 1.807) is 12.1 Å². The number of phenols is 1. The van der Waals surface area contributed by atoms with Gasteiger partial charge in [-0.05, 0) is 24.1 Å². The summed E-state index contributed by atoms with van der Waals surface area (Å²) in [5.74, 6) is -4.15. The van der Waals surface area contributed by atoms with E-state index in [9.17, 15) is 29.1 Å². The van der Waals surface area contributed by atoms with E-state index in [-0.39, 0.29) is 30.8 Å². The molecule has 3 atom stereocenters. The van der Waals surface area contributed by atoms with Gasteiger partial charge in [-0.15, -0.1) is 0 Å². The lowest BCUT2D eigenvalue weighted by Gasteiger charge is -2.21. The largest absolute Gasteiger partial charge is 0.508 e. The fraction of sp³-hybridized carbons (Fsp3) is 0.421. The molecule has 9 N–H and O–H groups in total. The molecule has 12 nitrogen and oxygen atoms in total. The summed E-state index contributed by atoms with van der Waals surface area (Å²) in [5.41, 5.74) is 11.2. The van der Waals surface area contributed by atoms with E-state index in [0.29, 0.717) is 5.56 Å². The minimum Gasteiger partial charge on any atom is -0.508 e. The number of rotatable bonds is 13. The summed E-state index contributed by atoms with van der Waals surface area (Å²) < 4.78 is 0. The maximum absolute atomic E-state index is 12.6. The van der Waals surface area contributed by atoms with Gasteiger partial charge in [-0.3, -0.25) is 19.2 Å². The van der Waals surface area contributed by atoms with Gasteiger partial charge in [0.1, 0.15) is 17.8 Å². The molecule has 32 heavy (non-hydrogen) atoms. The molecule has 1 rings (SSSR count). The molecule has 4 amide bonds. The number of carbonyl (C=O) groups is 5. The van der Waals surface area contributed by atoms with Crippen LogP contribution >= 0.6 is 12.6 Å². The van der Waals surface area contributed by atoms with E-state index in [1.165, 1.54) is 12.1 Å². The third kappa shape index (κ3) is 9.66. The molecule has 3 unspecified atom stereocenters. The van der Waals surface area contributed by atoms with Crippen LogP contribution in [0.1, 0.15) is 18.4 Å². The zero-order valence-electron chi connectivity index (χ0n) is 17.1. The highest BCUT2D eigenvalue weighted by molar-refractivity contribution is 7.80. The van der Waals surface area contributed by atoms with Crippen molar-refractivity contribution in [2.45, 2.75) is 37.4 Å². The van der Waals surface area contributed by atoms with Crippen molar-refractivity contribution in [2.24, 2.45) is 11.5 Å². The Morgan fingerprint density at radius 1 is 1.00 bits per heavy atom. The molecule has 0 fully saturated rings. The number of hydrogen-bond acceptors (Lipinski definition) is 8. The second-order valence-electron chi connectivity index (χ2n) is 6.90. The molecule has 0 spiro atoms. The molecule has 0 saturated heterocycles. The standard InChI is InChI=1S/C19H27N5O7S/c20-12(9-32)17(28)24-14(7-10-1-3-11(25)4-2-10)18(29)22-8-16(27)23-13(19(30)31)5-6-15(21)26/h1-4,12-14,25,32H,5-9,20H2,(H2,21,26)(H,22,29)(H,23,27)(H,24,28)(H,30,31). The Kier molecular flexibility index (Phi) is 11.0. The number of primary amides is 1. The van der Waals surface area contributed by atoms with Crippen molar-refractivity contribution in [2.75, 3.05) is 12.3 Å². The molecule has 176 valence electrons. The lowest BCUT2D eigenvalue weighted by atomic mass is 10.0. The zero-order chi connectivity index (χ0) is 24.3. The van der Waals surface area contributed by atoms with E-state index in [2.05, 4.69) is 28.6 Å². The molecular formula is C19H27N5O7S. The van der Waals surface area contributed by atoms with Crippen molar-refractivity contribution in [3.05, 3.63) is 29.8 Å². The fourth-order valence-corrected chi connectivity index (χ4v) is 2.68. The van der Waals surface area contributed by atoms with E-state index < -0.39 is 54.3 Å². The number of amides is 4. The lowest BCUT2D eigenvalue weighted by molar-refractivity contribution is -0.142. The number of nitrogens with two attached hydrogens (primary N) is 2. The van der Waals surface area contributed by atoms with Crippen LogP contribution in [0.3, 0.4) is 0 Å². The van der Waals surface area contributed by atoms with Crippen LogP contribution in [0.5, 0.6) is 5.75 Å². The SMILES string of the molecule is NC(=O)CCC(NC(=O)CNC(=O)C(Cc1ccc(O)cc1)NC(=O)C(N)CS)C(=O)O.